The van der Waals surface area contributed by atoms with Crippen LogP contribution in [-0.4, -0.2) is 13.0 Å². The zero-order chi connectivity index (χ0) is 10.0. The van der Waals surface area contributed by atoms with E-state index >= 15 is 0 Å². The van der Waals surface area contributed by atoms with Crippen molar-refractivity contribution in [2.24, 2.45) is 0 Å². The van der Waals surface area contributed by atoms with Crippen molar-refractivity contribution in [3.05, 3.63) is 28.2 Å². The van der Waals surface area contributed by atoms with Crippen LogP contribution in [0, 0.1) is 6.92 Å². The van der Waals surface area contributed by atoms with Crippen molar-refractivity contribution in [2.75, 3.05) is 11.9 Å². The Morgan fingerprint density at radius 2 is 2.08 bits per heavy atom. The molecule has 3 heteroatoms. The van der Waals surface area contributed by atoms with Gasteiger partial charge in [0.2, 0.25) is 5.91 Å². The van der Waals surface area contributed by atoms with Gasteiger partial charge in [-0.1, -0.05) is 22.0 Å². The average molecular weight is 242 g/mol. The lowest BCUT2D eigenvalue weighted by Crippen LogP contribution is -2.23. The van der Waals surface area contributed by atoms with E-state index in [0.717, 1.165) is 15.7 Å². The summed E-state index contributed by atoms with van der Waals surface area (Å²) in [6.07, 6.45) is 0. The van der Waals surface area contributed by atoms with Gasteiger partial charge in [-0.3, -0.25) is 4.79 Å². The second-order valence-electron chi connectivity index (χ2n) is 2.96. The summed E-state index contributed by atoms with van der Waals surface area (Å²) >= 11 is 3.43. The third-order valence-electron chi connectivity index (χ3n) is 2.07. The maximum absolute atomic E-state index is 11.1. The molecule has 0 atom stereocenters. The van der Waals surface area contributed by atoms with Crippen LogP contribution >= 0.6 is 15.9 Å². The molecular weight excluding hydrogens is 230 g/mol. The van der Waals surface area contributed by atoms with E-state index in [0.29, 0.717) is 0 Å². The molecule has 0 bridgehead atoms. The molecule has 0 saturated carbocycles. The normalized spacial score (nSPS) is 9.85. The van der Waals surface area contributed by atoms with Crippen molar-refractivity contribution >= 4 is 27.5 Å². The molecule has 0 aliphatic heterocycles. The van der Waals surface area contributed by atoms with Crippen molar-refractivity contribution in [3.8, 4) is 0 Å². The SMILES string of the molecule is CC(=O)N(C)c1cccc(Br)c1C. The van der Waals surface area contributed by atoms with Gasteiger partial charge in [-0.25, -0.2) is 0 Å². The Morgan fingerprint density at radius 1 is 1.46 bits per heavy atom. The van der Waals surface area contributed by atoms with E-state index in [4.69, 9.17) is 0 Å². The summed E-state index contributed by atoms with van der Waals surface area (Å²) < 4.78 is 1.03. The molecule has 1 aromatic rings. The van der Waals surface area contributed by atoms with E-state index in [2.05, 4.69) is 15.9 Å². The fourth-order valence-corrected chi connectivity index (χ4v) is 1.48. The van der Waals surface area contributed by atoms with Crippen LogP contribution in [0.5, 0.6) is 0 Å². The third-order valence-corrected chi connectivity index (χ3v) is 2.93. The predicted octanol–water partition coefficient (Wildman–Crippen LogP) is 2.74. The van der Waals surface area contributed by atoms with E-state index in [9.17, 15) is 4.79 Å². The minimum Gasteiger partial charge on any atom is -0.315 e. The van der Waals surface area contributed by atoms with Crippen LogP contribution in [0.4, 0.5) is 5.69 Å². The van der Waals surface area contributed by atoms with E-state index in [1.165, 1.54) is 0 Å². The largest absolute Gasteiger partial charge is 0.315 e. The van der Waals surface area contributed by atoms with E-state index in [1.54, 1.807) is 18.9 Å². The Morgan fingerprint density at radius 3 is 2.62 bits per heavy atom. The summed E-state index contributed by atoms with van der Waals surface area (Å²) in [4.78, 5) is 12.8. The van der Waals surface area contributed by atoms with Crippen LogP contribution in [-0.2, 0) is 4.79 Å². The lowest BCUT2D eigenvalue weighted by atomic mass is 10.2. The molecule has 0 radical (unpaired) electrons. The van der Waals surface area contributed by atoms with E-state index < -0.39 is 0 Å². The van der Waals surface area contributed by atoms with Gasteiger partial charge < -0.3 is 4.90 Å². The summed E-state index contributed by atoms with van der Waals surface area (Å²) in [6, 6.07) is 5.82. The zero-order valence-corrected chi connectivity index (χ0v) is 9.55. The number of hydrogen-bond acceptors (Lipinski definition) is 1. The Bertz CT molecular complexity index is 336. The third kappa shape index (κ3) is 2.10. The molecule has 0 spiro atoms. The highest BCUT2D eigenvalue weighted by molar-refractivity contribution is 9.10. The Kier molecular flexibility index (Phi) is 3.09. The topological polar surface area (TPSA) is 20.3 Å². The quantitative estimate of drug-likeness (QED) is 0.741. The number of hydrogen-bond donors (Lipinski definition) is 0. The predicted molar refractivity (Wildman–Crippen MR) is 58.0 cm³/mol. The van der Waals surface area contributed by atoms with E-state index in [-0.39, 0.29) is 5.91 Å². The number of rotatable bonds is 1. The van der Waals surface area contributed by atoms with Crippen molar-refractivity contribution < 1.29 is 4.79 Å². The number of amides is 1. The molecule has 70 valence electrons. The highest BCUT2D eigenvalue weighted by Crippen LogP contribution is 2.25. The molecular formula is C10H12BrNO. The number of carbonyl (C=O) groups is 1. The first-order valence-corrected chi connectivity index (χ1v) is 4.82. The minimum absolute atomic E-state index is 0.0428. The van der Waals surface area contributed by atoms with E-state index in [1.807, 2.05) is 25.1 Å². The Labute approximate surface area is 86.7 Å². The summed E-state index contributed by atoms with van der Waals surface area (Å²) in [5.74, 6) is 0.0428. The number of benzene rings is 1. The van der Waals surface area contributed by atoms with Gasteiger partial charge in [-0.2, -0.15) is 0 Å². The number of anilines is 1. The van der Waals surface area contributed by atoms with Gasteiger partial charge in [0, 0.05) is 24.1 Å². The van der Waals surface area contributed by atoms with Crippen LogP contribution in [0.1, 0.15) is 12.5 Å². The maximum atomic E-state index is 11.1. The molecule has 0 N–H and O–H groups in total. The van der Waals surface area contributed by atoms with Crippen molar-refractivity contribution in [2.45, 2.75) is 13.8 Å². The van der Waals surface area contributed by atoms with Gasteiger partial charge >= 0.3 is 0 Å². The lowest BCUT2D eigenvalue weighted by Gasteiger charge is -2.18. The van der Waals surface area contributed by atoms with Crippen LogP contribution in [0.15, 0.2) is 22.7 Å². The second kappa shape index (κ2) is 3.92. The van der Waals surface area contributed by atoms with Gasteiger partial charge in [0.1, 0.15) is 0 Å². The lowest BCUT2D eigenvalue weighted by molar-refractivity contribution is -0.116. The molecule has 1 rings (SSSR count). The first kappa shape index (κ1) is 10.3. The zero-order valence-electron chi connectivity index (χ0n) is 7.97. The average Bonchev–Trinajstić information content (AvgIpc) is 2.08. The molecule has 1 aromatic carbocycles. The van der Waals surface area contributed by atoms with Crippen molar-refractivity contribution in [1.82, 2.24) is 0 Å². The van der Waals surface area contributed by atoms with Crippen LogP contribution < -0.4 is 4.90 Å². The van der Waals surface area contributed by atoms with Gasteiger partial charge in [0.25, 0.3) is 0 Å². The minimum atomic E-state index is 0.0428. The van der Waals surface area contributed by atoms with Gasteiger partial charge in [-0.15, -0.1) is 0 Å². The smallest absolute Gasteiger partial charge is 0.223 e. The Balaban J connectivity index is 3.15. The summed E-state index contributed by atoms with van der Waals surface area (Å²) in [6.45, 7) is 3.54. The Hall–Kier alpha value is -0.830. The van der Waals surface area contributed by atoms with Gasteiger partial charge in [-0.05, 0) is 24.6 Å². The fraction of sp³-hybridized carbons (Fsp3) is 0.300. The molecule has 0 unspecified atom stereocenters. The number of halogens is 1. The number of nitrogens with zero attached hydrogens (tertiary/aromatic N) is 1. The van der Waals surface area contributed by atoms with Crippen LogP contribution in [0.3, 0.4) is 0 Å². The molecule has 0 aliphatic carbocycles. The van der Waals surface area contributed by atoms with Crippen molar-refractivity contribution in [3.63, 3.8) is 0 Å². The summed E-state index contributed by atoms with van der Waals surface area (Å²) in [7, 11) is 1.77. The summed E-state index contributed by atoms with van der Waals surface area (Å²) in [5.41, 5.74) is 2.03. The fourth-order valence-electron chi connectivity index (χ4n) is 1.13. The molecule has 0 aliphatic rings. The first-order valence-electron chi connectivity index (χ1n) is 4.03. The standard InChI is InChI=1S/C10H12BrNO/c1-7-9(11)5-4-6-10(7)12(3)8(2)13/h4-6H,1-3H3. The molecule has 0 heterocycles. The molecule has 1 amide bonds. The maximum Gasteiger partial charge on any atom is 0.223 e. The molecule has 13 heavy (non-hydrogen) atoms. The van der Waals surface area contributed by atoms with Crippen LogP contribution in [0.25, 0.3) is 0 Å². The molecule has 0 aromatic heterocycles. The monoisotopic (exact) mass is 241 g/mol. The summed E-state index contributed by atoms with van der Waals surface area (Å²) in [5, 5.41) is 0. The van der Waals surface area contributed by atoms with Crippen molar-refractivity contribution in [1.29, 1.82) is 0 Å². The second-order valence-corrected chi connectivity index (χ2v) is 3.82. The molecule has 0 saturated heterocycles. The molecule has 0 fully saturated rings. The molecule has 2 nitrogen and oxygen atoms in total. The highest BCUT2D eigenvalue weighted by atomic mass is 79.9. The van der Waals surface area contributed by atoms with Gasteiger partial charge in [0.05, 0.1) is 0 Å². The number of carbonyl (C=O) groups excluding carboxylic acids is 1. The highest BCUT2D eigenvalue weighted by Gasteiger charge is 2.09. The van der Waals surface area contributed by atoms with Crippen LogP contribution in [0.2, 0.25) is 0 Å². The first-order chi connectivity index (χ1) is 6.04. The van der Waals surface area contributed by atoms with Gasteiger partial charge in [0.15, 0.2) is 0 Å².